The van der Waals surface area contributed by atoms with Crippen molar-refractivity contribution in [2.75, 3.05) is 12.4 Å². The quantitative estimate of drug-likeness (QED) is 0.709. The first-order valence-electron chi connectivity index (χ1n) is 9.90. The Labute approximate surface area is 179 Å². The van der Waals surface area contributed by atoms with Gasteiger partial charge in [0.25, 0.3) is 5.91 Å². The van der Waals surface area contributed by atoms with E-state index in [0.717, 1.165) is 11.8 Å². The van der Waals surface area contributed by atoms with E-state index in [9.17, 15) is 14.0 Å². The molecule has 0 radical (unpaired) electrons. The number of aromatic nitrogens is 2. The second-order valence-electron chi connectivity index (χ2n) is 8.47. The van der Waals surface area contributed by atoms with Crippen LogP contribution in [0.15, 0.2) is 18.2 Å². The van der Waals surface area contributed by atoms with Crippen LogP contribution in [0.3, 0.4) is 0 Å². The van der Waals surface area contributed by atoms with Gasteiger partial charge < -0.3 is 10.2 Å². The maximum atomic E-state index is 13.6. The number of hydrogen-bond donors (Lipinski definition) is 1. The highest BCUT2D eigenvalue weighted by atomic mass is 19.1. The summed E-state index contributed by atoms with van der Waals surface area (Å²) in [4.78, 5) is 36.4. The second-order valence-corrected chi connectivity index (χ2v) is 8.47. The van der Waals surface area contributed by atoms with Crippen molar-refractivity contribution in [2.45, 2.75) is 51.9 Å². The number of carbonyl (C=O) groups excluding carboxylic acids is 2. The number of fused-ring (bicyclic) bond motifs is 3. The van der Waals surface area contributed by atoms with Crippen LogP contribution >= 0.6 is 0 Å². The van der Waals surface area contributed by atoms with E-state index in [0.29, 0.717) is 29.9 Å². The topological polar surface area (TPSA) is 84.1 Å². The third-order valence-corrected chi connectivity index (χ3v) is 5.46. The molecule has 2 aromatic rings. The zero-order chi connectivity index (χ0) is 22.5. The number of nitrogens with zero attached hydrogens (tertiary/aromatic N) is 5. The number of hydrogen-bond acceptors (Lipinski definition) is 4. The highest BCUT2D eigenvalue weighted by Crippen LogP contribution is 2.31. The number of halogens is 1. The van der Waals surface area contributed by atoms with E-state index >= 15 is 0 Å². The minimum absolute atomic E-state index is 0.162. The van der Waals surface area contributed by atoms with Crippen molar-refractivity contribution < 1.29 is 18.8 Å². The third kappa shape index (κ3) is 3.72. The standard InChI is InChI=1S/C21H23FN6O3/c1-12-8-16-14(18-19(29)26(5)31-21(2,3)11-28(18)25-16)10-27(12)20(30)24-13-6-7-15(22)17(9-13)23-4/h6-7,9,12H,8,10-11H2,1-3,5H3,(H,24,30). The van der Waals surface area contributed by atoms with E-state index in [1.807, 2.05) is 20.8 Å². The number of anilines is 1. The number of hydroxylamine groups is 2. The van der Waals surface area contributed by atoms with Crippen molar-refractivity contribution in [1.82, 2.24) is 19.7 Å². The number of benzene rings is 1. The summed E-state index contributed by atoms with van der Waals surface area (Å²) in [5.74, 6) is -0.950. The first-order valence-corrected chi connectivity index (χ1v) is 9.90. The maximum absolute atomic E-state index is 13.6. The molecule has 0 saturated carbocycles. The average molecular weight is 426 g/mol. The second kappa shape index (κ2) is 7.35. The number of nitrogens with one attached hydrogen (secondary N) is 1. The third-order valence-electron chi connectivity index (χ3n) is 5.46. The smallest absolute Gasteiger partial charge is 0.317 e. The Morgan fingerprint density at radius 2 is 2.16 bits per heavy atom. The molecule has 31 heavy (non-hydrogen) atoms. The fourth-order valence-electron chi connectivity index (χ4n) is 4.04. The molecule has 1 atom stereocenters. The van der Waals surface area contributed by atoms with E-state index < -0.39 is 17.4 Å². The number of amides is 3. The van der Waals surface area contributed by atoms with Crippen LogP contribution in [0.5, 0.6) is 0 Å². The molecule has 1 aromatic carbocycles. The van der Waals surface area contributed by atoms with E-state index in [2.05, 4.69) is 15.3 Å². The molecular weight excluding hydrogens is 403 g/mol. The summed E-state index contributed by atoms with van der Waals surface area (Å²) in [6, 6.07) is 3.29. The van der Waals surface area contributed by atoms with Crippen molar-refractivity contribution >= 4 is 23.3 Å². The molecule has 0 bridgehead atoms. The molecule has 0 fully saturated rings. The lowest BCUT2D eigenvalue weighted by Crippen LogP contribution is -2.45. The summed E-state index contributed by atoms with van der Waals surface area (Å²) in [6.07, 6.45) is 0.498. The van der Waals surface area contributed by atoms with Crippen LogP contribution < -0.4 is 5.32 Å². The van der Waals surface area contributed by atoms with Gasteiger partial charge in [0.15, 0.2) is 0 Å². The normalized spacial score (nSPS) is 19.9. The van der Waals surface area contributed by atoms with Crippen LogP contribution in [0.25, 0.3) is 4.85 Å². The highest BCUT2D eigenvalue weighted by molar-refractivity contribution is 5.94. The van der Waals surface area contributed by atoms with Crippen LogP contribution in [0.4, 0.5) is 20.6 Å². The predicted octanol–water partition coefficient (Wildman–Crippen LogP) is 3.35. The summed E-state index contributed by atoms with van der Waals surface area (Å²) < 4.78 is 15.3. The fourth-order valence-corrected chi connectivity index (χ4v) is 4.04. The number of rotatable bonds is 1. The molecular formula is C21H23FN6O3. The Hall–Kier alpha value is -3.45. The molecule has 0 aliphatic carbocycles. The largest absolute Gasteiger partial charge is 0.322 e. The molecule has 1 unspecified atom stereocenters. The van der Waals surface area contributed by atoms with Crippen molar-refractivity contribution in [1.29, 1.82) is 0 Å². The van der Waals surface area contributed by atoms with E-state index in [1.54, 1.807) is 16.6 Å². The van der Waals surface area contributed by atoms with Crippen LogP contribution in [0, 0.1) is 12.4 Å². The Morgan fingerprint density at radius 1 is 1.42 bits per heavy atom. The molecule has 1 N–H and O–H groups in total. The summed E-state index contributed by atoms with van der Waals surface area (Å²) in [5.41, 5.74) is 1.47. The molecule has 4 rings (SSSR count). The van der Waals surface area contributed by atoms with Gasteiger partial charge in [-0.25, -0.2) is 19.1 Å². The Balaban J connectivity index is 1.63. The zero-order valence-electron chi connectivity index (χ0n) is 17.8. The lowest BCUT2D eigenvalue weighted by Gasteiger charge is -2.33. The molecule has 2 aliphatic rings. The number of urea groups is 1. The van der Waals surface area contributed by atoms with Crippen molar-refractivity contribution in [3.8, 4) is 0 Å². The first-order chi connectivity index (χ1) is 14.6. The van der Waals surface area contributed by atoms with E-state index in [-0.39, 0.29) is 24.2 Å². The van der Waals surface area contributed by atoms with Gasteiger partial charge >= 0.3 is 6.03 Å². The van der Waals surface area contributed by atoms with Gasteiger partial charge in [-0.1, -0.05) is 0 Å². The predicted molar refractivity (Wildman–Crippen MR) is 110 cm³/mol. The zero-order valence-corrected chi connectivity index (χ0v) is 17.8. The van der Waals surface area contributed by atoms with Gasteiger partial charge in [-0.05, 0) is 39.0 Å². The molecule has 10 heteroatoms. The fraction of sp³-hybridized carbons (Fsp3) is 0.429. The summed E-state index contributed by atoms with van der Waals surface area (Å²) in [7, 11) is 1.57. The van der Waals surface area contributed by atoms with Gasteiger partial charge in [0.2, 0.25) is 5.69 Å². The highest BCUT2D eigenvalue weighted by Gasteiger charge is 2.39. The Bertz CT molecular complexity index is 1120. The lowest BCUT2D eigenvalue weighted by atomic mass is 9.99. The van der Waals surface area contributed by atoms with Crippen LogP contribution in [0.1, 0.15) is 42.5 Å². The maximum Gasteiger partial charge on any atom is 0.322 e. The monoisotopic (exact) mass is 426 g/mol. The van der Waals surface area contributed by atoms with Gasteiger partial charge in [-0.15, -0.1) is 0 Å². The summed E-state index contributed by atoms with van der Waals surface area (Å²) >= 11 is 0. The van der Waals surface area contributed by atoms with Gasteiger partial charge in [0, 0.05) is 30.8 Å². The first kappa shape index (κ1) is 20.8. The summed E-state index contributed by atoms with van der Waals surface area (Å²) in [6.45, 7) is 13.3. The van der Waals surface area contributed by atoms with Crippen LogP contribution in [-0.4, -0.2) is 50.4 Å². The van der Waals surface area contributed by atoms with Gasteiger partial charge in [0.1, 0.15) is 17.1 Å². The van der Waals surface area contributed by atoms with Crippen molar-refractivity contribution in [3.05, 3.63) is 52.4 Å². The van der Waals surface area contributed by atoms with Crippen molar-refractivity contribution in [2.24, 2.45) is 0 Å². The van der Waals surface area contributed by atoms with E-state index in [1.165, 1.54) is 17.2 Å². The van der Waals surface area contributed by atoms with Gasteiger partial charge in [-0.2, -0.15) is 5.10 Å². The SMILES string of the molecule is [C-]#[N+]c1cc(NC(=O)N2Cc3c(nn4c3C(=O)N(C)OC(C)(C)C4)CC2C)ccc1F. The minimum Gasteiger partial charge on any atom is -0.317 e. The van der Waals surface area contributed by atoms with E-state index in [4.69, 9.17) is 11.4 Å². The summed E-state index contributed by atoms with van der Waals surface area (Å²) in [5, 5.41) is 8.59. The molecule has 162 valence electrons. The Kier molecular flexibility index (Phi) is 4.94. The number of carbonyl (C=O) groups is 2. The molecule has 0 saturated heterocycles. The molecule has 2 aliphatic heterocycles. The van der Waals surface area contributed by atoms with Gasteiger partial charge in [-0.3, -0.25) is 14.3 Å². The van der Waals surface area contributed by atoms with Gasteiger partial charge in [0.05, 0.1) is 25.4 Å². The van der Waals surface area contributed by atoms with Crippen LogP contribution in [-0.2, 0) is 24.3 Å². The van der Waals surface area contributed by atoms with Crippen LogP contribution in [0.2, 0.25) is 0 Å². The molecule has 0 spiro atoms. The molecule has 1 aromatic heterocycles. The molecule has 9 nitrogen and oxygen atoms in total. The molecule has 3 heterocycles. The lowest BCUT2D eigenvalue weighted by molar-refractivity contribution is -0.190. The van der Waals surface area contributed by atoms with Crippen molar-refractivity contribution in [3.63, 3.8) is 0 Å². The average Bonchev–Trinajstić information content (AvgIpc) is 2.99. The molecule has 3 amide bonds. The Morgan fingerprint density at radius 3 is 2.87 bits per heavy atom. The minimum atomic E-state index is -0.640.